The number of aliphatic hydroxyl groups is 1. The molecule has 1 atom stereocenters. The first-order valence-electron chi connectivity index (χ1n) is 4.32. The molecule has 1 aromatic rings. The van der Waals surface area contributed by atoms with Crippen LogP contribution in [0.3, 0.4) is 0 Å². The second kappa shape index (κ2) is 3.68. The van der Waals surface area contributed by atoms with Gasteiger partial charge < -0.3 is 5.11 Å². The molecule has 2 rings (SSSR count). The number of rotatable bonds is 0. The molecule has 0 radical (unpaired) electrons. The van der Waals surface area contributed by atoms with Gasteiger partial charge in [-0.3, -0.25) is 0 Å². The summed E-state index contributed by atoms with van der Waals surface area (Å²) < 4.78 is 13.3. The fourth-order valence-electron chi connectivity index (χ4n) is 1.56. The molecule has 0 spiro atoms. The predicted octanol–water partition coefficient (Wildman–Crippen LogP) is 2.50. The smallest absolute Gasteiger partial charge is 0.127 e. The van der Waals surface area contributed by atoms with Gasteiger partial charge in [-0.2, -0.15) is 11.8 Å². The van der Waals surface area contributed by atoms with Crippen molar-refractivity contribution in [2.24, 2.45) is 0 Å². The zero-order valence-electron chi connectivity index (χ0n) is 7.16. The molecule has 0 aromatic heterocycles. The van der Waals surface area contributed by atoms with Crippen LogP contribution in [0.1, 0.15) is 23.7 Å². The Kier molecular flexibility index (Phi) is 2.56. The lowest BCUT2D eigenvalue weighted by Crippen LogP contribution is -2.00. The summed E-state index contributed by atoms with van der Waals surface area (Å²) in [5.41, 5.74) is 1.45. The topological polar surface area (TPSA) is 20.2 Å². The number of benzene rings is 1. The Morgan fingerprint density at radius 2 is 2.31 bits per heavy atom. The fraction of sp³-hybridized carbons (Fsp3) is 0.400. The Balaban J connectivity index is 2.47. The van der Waals surface area contributed by atoms with Crippen molar-refractivity contribution in [3.05, 3.63) is 35.1 Å². The lowest BCUT2D eigenvalue weighted by Gasteiger charge is -2.10. The molecule has 1 heterocycles. The van der Waals surface area contributed by atoms with Crippen molar-refractivity contribution in [3.8, 4) is 0 Å². The summed E-state index contributed by atoms with van der Waals surface area (Å²) in [6.45, 7) is 0. The van der Waals surface area contributed by atoms with Crippen molar-refractivity contribution < 1.29 is 9.50 Å². The molecule has 0 saturated heterocycles. The largest absolute Gasteiger partial charge is 0.388 e. The maximum absolute atomic E-state index is 13.3. The van der Waals surface area contributed by atoms with Crippen LogP contribution in [0.15, 0.2) is 18.2 Å². The van der Waals surface area contributed by atoms with Gasteiger partial charge in [0.05, 0.1) is 6.10 Å². The van der Waals surface area contributed by atoms with Gasteiger partial charge in [0.25, 0.3) is 0 Å². The van der Waals surface area contributed by atoms with Gasteiger partial charge in [0.15, 0.2) is 0 Å². The van der Waals surface area contributed by atoms with Gasteiger partial charge in [0.2, 0.25) is 0 Å². The van der Waals surface area contributed by atoms with Crippen LogP contribution >= 0.6 is 11.8 Å². The minimum absolute atomic E-state index is 0.189. The van der Waals surface area contributed by atoms with E-state index >= 15 is 0 Å². The summed E-state index contributed by atoms with van der Waals surface area (Å²) in [6, 6.07) is 4.93. The lowest BCUT2D eigenvalue weighted by molar-refractivity contribution is 0.174. The Labute approximate surface area is 81.0 Å². The number of hydrogen-bond acceptors (Lipinski definition) is 2. The van der Waals surface area contributed by atoms with E-state index in [0.29, 0.717) is 11.3 Å². The van der Waals surface area contributed by atoms with Crippen LogP contribution in [0.2, 0.25) is 0 Å². The van der Waals surface area contributed by atoms with Gasteiger partial charge in [0, 0.05) is 11.3 Å². The molecule has 1 aliphatic heterocycles. The van der Waals surface area contributed by atoms with Crippen LogP contribution in [0.25, 0.3) is 0 Å². The minimum atomic E-state index is -0.485. The molecular formula is C10H11FOS. The van der Waals surface area contributed by atoms with Crippen LogP contribution in [-0.4, -0.2) is 10.9 Å². The highest BCUT2D eigenvalue weighted by Crippen LogP contribution is 2.31. The molecule has 13 heavy (non-hydrogen) atoms. The lowest BCUT2D eigenvalue weighted by atomic mass is 10.0. The summed E-state index contributed by atoms with van der Waals surface area (Å²) in [7, 11) is 0. The highest BCUT2D eigenvalue weighted by Gasteiger charge is 2.18. The summed E-state index contributed by atoms with van der Waals surface area (Å²) in [5.74, 6) is 1.39. The van der Waals surface area contributed by atoms with E-state index in [9.17, 15) is 9.50 Å². The Bertz CT molecular complexity index is 314. The molecular weight excluding hydrogens is 187 g/mol. The molecule has 0 saturated carbocycles. The van der Waals surface area contributed by atoms with Crippen molar-refractivity contribution in [2.75, 3.05) is 5.75 Å². The SMILES string of the molecule is O[C@H]1CCSCc2c(F)cccc21. The number of aliphatic hydroxyl groups excluding tert-OH is 1. The molecule has 1 aliphatic rings. The van der Waals surface area contributed by atoms with E-state index in [4.69, 9.17) is 0 Å². The van der Waals surface area contributed by atoms with Gasteiger partial charge in [-0.15, -0.1) is 0 Å². The molecule has 1 aromatic carbocycles. The zero-order valence-corrected chi connectivity index (χ0v) is 7.98. The van der Waals surface area contributed by atoms with Crippen molar-refractivity contribution in [3.63, 3.8) is 0 Å². The Hall–Kier alpha value is -0.540. The predicted molar refractivity (Wildman–Crippen MR) is 52.1 cm³/mol. The van der Waals surface area contributed by atoms with Crippen molar-refractivity contribution >= 4 is 11.8 Å². The van der Waals surface area contributed by atoms with Crippen LogP contribution in [0.5, 0.6) is 0 Å². The minimum Gasteiger partial charge on any atom is -0.388 e. The maximum atomic E-state index is 13.3. The van der Waals surface area contributed by atoms with E-state index in [2.05, 4.69) is 0 Å². The number of hydrogen-bond donors (Lipinski definition) is 1. The monoisotopic (exact) mass is 198 g/mol. The molecule has 70 valence electrons. The second-order valence-corrected chi connectivity index (χ2v) is 4.27. The first kappa shape index (κ1) is 9.03. The number of fused-ring (bicyclic) bond motifs is 1. The van der Waals surface area contributed by atoms with E-state index < -0.39 is 6.10 Å². The fourth-order valence-corrected chi connectivity index (χ4v) is 2.61. The summed E-state index contributed by atoms with van der Waals surface area (Å²) in [5, 5.41) is 9.69. The molecule has 0 bridgehead atoms. The second-order valence-electron chi connectivity index (χ2n) is 3.16. The number of halogens is 1. The molecule has 3 heteroatoms. The average molecular weight is 198 g/mol. The first-order chi connectivity index (χ1) is 6.29. The number of thioether (sulfide) groups is 1. The van der Waals surface area contributed by atoms with Gasteiger partial charge in [0.1, 0.15) is 5.82 Å². The molecule has 1 nitrogen and oxygen atoms in total. The van der Waals surface area contributed by atoms with E-state index in [-0.39, 0.29) is 5.82 Å². The first-order valence-corrected chi connectivity index (χ1v) is 5.47. The van der Waals surface area contributed by atoms with E-state index in [0.717, 1.165) is 17.7 Å². The molecule has 0 unspecified atom stereocenters. The third-order valence-corrected chi connectivity index (χ3v) is 3.31. The van der Waals surface area contributed by atoms with Crippen molar-refractivity contribution in [1.29, 1.82) is 0 Å². The third-order valence-electron chi connectivity index (χ3n) is 2.30. The molecule has 0 fully saturated rings. The maximum Gasteiger partial charge on any atom is 0.127 e. The van der Waals surface area contributed by atoms with Crippen LogP contribution < -0.4 is 0 Å². The molecule has 0 amide bonds. The van der Waals surface area contributed by atoms with E-state index in [1.54, 1.807) is 17.8 Å². The quantitative estimate of drug-likeness (QED) is 0.691. The van der Waals surface area contributed by atoms with Gasteiger partial charge in [-0.1, -0.05) is 12.1 Å². The normalized spacial score (nSPS) is 22.2. The van der Waals surface area contributed by atoms with Crippen LogP contribution in [-0.2, 0) is 5.75 Å². The van der Waals surface area contributed by atoms with Gasteiger partial charge in [-0.25, -0.2) is 4.39 Å². The highest BCUT2D eigenvalue weighted by molar-refractivity contribution is 7.98. The Morgan fingerprint density at radius 3 is 3.15 bits per heavy atom. The van der Waals surface area contributed by atoms with Crippen molar-refractivity contribution in [2.45, 2.75) is 18.3 Å². The summed E-state index contributed by atoms with van der Waals surface area (Å²) in [4.78, 5) is 0. The Morgan fingerprint density at radius 1 is 1.46 bits per heavy atom. The van der Waals surface area contributed by atoms with Crippen LogP contribution in [0, 0.1) is 5.82 Å². The van der Waals surface area contributed by atoms with Gasteiger partial charge >= 0.3 is 0 Å². The van der Waals surface area contributed by atoms with E-state index in [1.807, 2.05) is 6.07 Å². The van der Waals surface area contributed by atoms with Gasteiger partial charge in [-0.05, 0) is 23.8 Å². The molecule has 1 N–H and O–H groups in total. The van der Waals surface area contributed by atoms with E-state index in [1.165, 1.54) is 6.07 Å². The zero-order chi connectivity index (χ0) is 9.26. The highest BCUT2D eigenvalue weighted by atomic mass is 32.2. The summed E-state index contributed by atoms with van der Waals surface area (Å²) >= 11 is 1.68. The third kappa shape index (κ3) is 1.71. The van der Waals surface area contributed by atoms with Crippen molar-refractivity contribution in [1.82, 2.24) is 0 Å². The average Bonchev–Trinajstić information content (AvgIpc) is 2.30. The molecule has 0 aliphatic carbocycles. The van der Waals surface area contributed by atoms with Crippen LogP contribution in [0.4, 0.5) is 4.39 Å². The summed E-state index contributed by atoms with van der Waals surface area (Å²) in [6.07, 6.45) is 0.238. The standard InChI is InChI=1S/C10H11FOS/c11-9-3-1-2-7-8(9)6-13-5-4-10(7)12/h1-3,10,12H,4-6H2/t10-/m0/s1.